The molecule has 0 saturated carbocycles. The zero-order chi connectivity index (χ0) is 17.5. The molecule has 2 rings (SSSR count). The summed E-state index contributed by atoms with van der Waals surface area (Å²) in [5.74, 6) is -0.542. The fraction of sp³-hybridized carbons (Fsp3) is 0.176. The monoisotopic (exact) mass is 348 g/mol. The average molecular weight is 349 g/mol. The summed E-state index contributed by atoms with van der Waals surface area (Å²) in [5, 5.41) is 14.6. The van der Waals surface area contributed by atoms with Crippen LogP contribution in [-0.4, -0.2) is 24.2 Å². The van der Waals surface area contributed by atoms with Crippen molar-refractivity contribution in [3.05, 3.63) is 64.2 Å². The quantitative estimate of drug-likeness (QED) is 0.725. The average Bonchev–Trinajstić information content (AvgIpc) is 2.59. The van der Waals surface area contributed by atoms with E-state index in [0.29, 0.717) is 12.2 Å². The van der Waals surface area contributed by atoms with Gasteiger partial charge < -0.3 is 20.5 Å². The van der Waals surface area contributed by atoms with Crippen molar-refractivity contribution in [2.45, 2.75) is 13.2 Å². The topological polar surface area (TPSA) is 87.7 Å². The number of benzene rings is 2. The summed E-state index contributed by atoms with van der Waals surface area (Å²) < 4.78 is 4.60. The molecule has 0 aliphatic carbocycles. The molecule has 0 aliphatic heterocycles. The van der Waals surface area contributed by atoms with Gasteiger partial charge in [0.15, 0.2) is 0 Å². The molecule has 0 radical (unpaired) electrons. The largest absolute Gasteiger partial charge is 0.465 e. The van der Waals surface area contributed by atoms with Gasteiger partial charge in [-0.05, 0) is 29.3 Å². The zero-order valence-electron chi connectivity index (χ0n) is 13.0. The van der Waals surface area contributed by atoms with Gasteiger partial charge in [-0.1, -0.05) is 35.9 Å². The Balaban J connectivity index is 1.94. The van der Waals surface area contributed by atoms with Crippen LogP contribution in [0, 0.1) is 0 Å². The number of hydrogen-bond acceptors (Lipinski definition) is 4. The maximum absolute atomic E-state index is 11.9. The first-order valence-corrected chi connectivity index (χ1v) is 7.52. The number of aliphatic hydroxyl groups excluding tert-OH is 1. The molecule has 2 aromatic carbocycles. The van der Waals surface area contributed by atoms with E-state index in [2.05, 4.69) is 15.4 Å². The third-order valence-corrected chi connectivity index (χ3v) is 3.57. The summed E-state index contributed by atoms with van der Waals surface area (Å²) in [4.78, 5) is 23.4. The molecule has 0 fully saturated rings. The van der Waals surface area contributed by atoms with Gasteiger partial charge in [0.05, 0.1) is 24.3 Å². The van der Waals surface area contributed by atoms with Crippen LogP contribution >= 0.6 is 11.6 Å². The van der Waals surface area contributed by atoms with Gasteiger partial charge in [0, 0.05) is 12.2 Å². The minimum absolute atomic E-state index is 0.0505. The Hall–Kier alpha value is -2.57. The van der Waals surface area contributed by atoms with E-state index >= 15 is 0 Å². The number of hydrogen-bond donors (Lipinski definition) is 3. The second-order valence-corrected chi connectivity index (χ2v) is 5.38. The lowest BCUT2D eigenvalue weighted by atomic mass is 10.1. The highest BCUT2D eigenvalue weighted by atomic mass is 35.5. The molecule has 6 nitrogen and oxygen atoms in total. The van der Waals surface area contributed by atoms with E-state index in [-0.39, 0.29) is 17.2 Å². The van der Waals surface area contributed by atoms with Crippen molar-refractivity contribution < 1.29 is 19.4 Å². The molecule has 7 heteroatoms. The van der Waals surface area contributed by atoms with E-state index in [1.165, 1.54) is 19.2 Å². The van der Waals surface area contributed by atoms with Crippen LogP contribution in [0.15, 0.2) is 42.5 Å². The highest BCUT2D eigenvalue weighted by Crippen LogP contribution is 2.21. The van der Waals surface area contributed by atoms with Gasteiger partial charge in [-0.15, -0.1) is 0 Å². The smallest absolute Gasteiger partial charge is 0.339 e. The molecule has 0 saturated heterocycles. The number of ether oxygens (including phenoxy) is 1. The molecule has 0 aliphatic rings. The standard InChI is InChI=1S/C17H17ClN2O4/c1-24-16(22)14-6-5-13(8-15(14)18)20-17(23)19-9-11-3-2-4-12(7-11)10-21/h2-8,21H,9-10H2,1H3,(H2,19,20,23). The van der Waals surface area contributed by atoms with Gasteiger partial charge in [-0.2, -0.15) is 0 Å². The van der Waals surface area contributed by atoms with E-state index in [1.54, 1.807) is 12.1 Å². The summed E-state index contributed by atoms with van der Waals surface area (Å²) >= 11 is 6.00. The summed E-state index contributed by atoms with van der Waals surface area (Å²) in [6, 6.07) is 11.4. The molecule has 126 valence electrons. The SMILES string of the molecule is COC(=O)c1ccc(NC(=O)NCc2cccc(CO)c2)cc1Cl. The molecular formula is C17H17ClN2O4. The summed E-state index contributed by atoms with van der Waals surface area (Å²) in [6.45, 7) is 0.263. The number of methoxy groups -OCH3 is 1. The minimum Gasteiger partial charge on any atom is -0.465 e. The number of carbonyl (C=O) groups excluding carboxylic acids is 2. The maximum Gasteiger partial charge on any atom is 0.339 e. The predicted molar refractivity (Wildman–Crippen MR) is 91.0 cm³/mol. The van der Waals surface area contributed by atoms with Crippen molar-refractivity contribution in [3.63, 3.8) is 0 Å². The number of rotatable bonds is 5. The molecule has 0 aromatic heterocycles. The molecule has 0 bridgehead atoms. The number of nitrogens with one attached hydrogen (secondary N) is 2. The van der Waals surface area contributed by atoms with E-state index in [1.807, 2.05) is 18.2 Å². The lowest BCUT2D eigenvalue weighted by Crippen LogP contribution is -2.28. The highest BCUT2D eigenvalue weighted by molar-refractivity contribution is 6.33. The Labute approximate surface area is 144 Å². The molecule has 0 atom stereocenters. The number of urea groups is 1. The van der Waals surface area contributed by atoms with Gasteiger partial charge in [-0.25, -0.2) is 9.59 Å². The third kappa shape index (κ3) is 4.71. The first-order valence-electron chi connectivity index (χ1n) is 7.15. The first-order chi connectivity index (χ1) is 11.5. The van der Waals surface area contributed by atoms with Crippen molar-refractivity contribution in [1.82, 2.24) is 5.32 Å². The molecule has 2 aromatic rings. The van der Waals surface area contributed by atoms with E-state index < -0.39 is 12.0 Å². The lowest BCUT2D eigenvalue weighted by molar-refractivity contribution is 0.0601. The Morgan fingerprint density at radius 1 is 1.17 bits per heavy atom. The normalized spacial score (nSPS) is 10.1. The number of esters is 1. The van der Waals surface area contributed by atoms with Crippen molar-refractivity contribution >= 4 is 29.3 Å². The number of carbonyl (C=O) groups is 2. The second kappa shape index (κ2) is 8.33. The Morgan fingerprint density at radius 2 is 1.92 bits per heavy atom. The van der Waals surface area contributed by atoms with Crippen LogP contribution in [0.2, 0.25) is 5.02 Å². The van der Waals surface area contributed by atoms with Crippen LogP contribution in [0.1, 0.15) is 21.5 Å². The molecule has 0 unspecified atom stereocenters. The Morgan fingerprint density at radius 3 is 2.58 bits per heavy atom. The molecule has 2 amide bonds. The number of amides is 2. The van der Waals surface area contributed by atoms with Crippen LogP contribution in [0.4, 0.5) is 10.5 Å². The second-order valence-electron chi connectivity index (χ2n) is 4.97. The van der Waals surface area contributed by atoms with E-state index in [9.17, 15) is 9.59 Å². The minimum atomic E-state index is -0.542. The zero-order valence-corrected chi connectivity index (χ0v) is 13.8. The van der Waals surface area contributed by atoms with Crippen molar-refractivity contribution in [2.24, 2.45) is 0 Å². The molecule has 0 heterocycles. The van der Waals surface area contributed by atoms with Crippen LogP contribution in [-0.2, 0) is 17.9 Å². The summed E-state index contributed by atoms with van der Waals surface area (Å²) in [5.41, 5.74) is 2.33. The molecular weight excluding hydrogens is 332 g/mol. The van der Waals surface area contributed by atoms with Crippen LogP contribution in [0.25, 0.3) is 0 Å². The van der Waals surface area contributed by atoms with E-state index in [0.717, 1.165) is 11.1 Å². The summed E-state index contributed by atoms with van der Waals surface area (Å²) in [6.07, 6.45) is 0. The van der Waals surface area contributed by atoms with Gasteiger partial charge in [0.1, 0.15) is 0 Å². The Kier molecular flexibility index (Phi) is 6.17. The van der Waals surface area contributed by atoms with E-state index in [4.69, 9.17) is 16.7 Å². The van der Waals surface area contributed by atoms with Crippen LogP contribution < -0.4 is 10.6 Å². The molecule has 24 heavy (non-hydrogen) atoms. The Bertz CT molecular complexity index is 749. The van der Waals surface area contributed by atoms with Crippen LogP contribution in [0.5, 0.6) is 0 Å². The van der Waals surface area contributed by atoms with Gasteiger partial charge in [0.2, 0.25) is 0 Å². The maximum atomic E-state index is 11.9. The number of halogens is 1. The molecule has 3 N–H and O–H groups in total. The van der Waals surface area contributed by atoms with Crippen LogP contribution in [0.3, 0.4) is 0 Å². The fourth-order valence-electron chi connectivity index (χ4n) is 2.06. The predicted octanol–water partition coefficient (Wildman–Crippen LogP) is 2.94. The fourth-order valence-corrected chi connectivity index (χ4v) is 2.32. The van der Waals surface area contributed by atoms with Crippen molar-refractivity contribution in [1.29, 1.82) is 0 Å². The lowest BCUT2D eigenvalue weighted by Gasteiger charge is -2.10. The van der Waals surface area contributed by atoms with Gasteiger partial charge in [0.25, 0.3) is 0 Å². The number of anilines is 1. The number of aliphatic hydroxyl groups is 1. The summed E-state index contributed by atoms with van der Waals surface area (Å²) in [7, 11) is 1.27. The third-order valence-electron chi connectivity index (χ3n) is 3.26. The van der Waals surface area contributed by atoms with Gasteiger partial charge in [-0.3, -0.25) is 0 Å². The first kappa shape index (κ1) is 17.8. The van der Waals surface area contributed by atoms with Crippen molar-refractivity contribution in [3.8, 4) is 0 Å². The highest BCUT2D eigenvalue weighted by Gasteiger charge is 2.11. The van der Waals surface area contributed by atoms with Crippen molar-refractivity contribution in [2.75, 3.05) is 12.4 Å². The van der Waals surface area contributed by atoms with Gasteiger partial charge >= 0.3 is 12.0 Å². The molecule has 0 spiro atoms.